The number of piperazine rings is 1. The first-order chi connectivity index (χ1) is 14.1. The van der Waals surface area contributed by atoms with Gasteiger partial charge in [0.25, 0.3) is 0 Å². The quantitative estimate of drug-likeness (QED) is 0.450. The standard InChI is InChI=1S/C19H20N6O3S/c1-23-6-8-24(9-7-23)19-22-12-17(29-19)15-10-16(18(21-11-15)25(26)27)28-13-14-2-4-20-5-3-14/h2-5,10-12H,6-9,13H2,1H3. The third-order valence-corrected chi connectivity index (χ3v) is 5.81. The highest BCUT2D eigenvalue weighted by Gasteiger charge is 2.21. The van der Waals surface area contributed by atoms with Crippen LogP contribution in [-0.2, 0) is 6.61 Å². The molecule has 1 aliphatic rings. The molecule has 0 aromatic carbocycles. The third-order valence-electron chi connectivity index (χ3n) is 4.70. The summed E-state index contributed by atoms with van der Waals surface area (Å²) in [6.45, 7) is 4.07. The van der Waals surface area contributed by atoms with Gasteiger partial charge in [-0.15, -0.1) is 0 Å². The van der Waals surface area contributed by atoms with Crippen LogP contribution in [0.15, 0.2) is 43.0 Å². The Morgan fingerprint density at radius 3 is 2.66 bits per heavy atom. The Morgan fingerprint density at radius 1 is 1.17 bits per heavy atom. The molecule has 1 fully saturated rings. The van der Waals surface area contributed by atoms with E-state index in [1.807, 2.05) is 0 Å². The third kappa shape index (κ3) is 4.49. The van der Waals surface area contributed by atoms with E-state index in [1.165, 1.54) is 6.20 Å². The van der Waals surface area contributed by atoms with E-state index in [0.29, 0.717) is 0 Å². The van der Waals surface area contributed by atoms with Gasteiger partial charge in [-0.2, -0.15) is 0 Å². The lowest BCUT2D eigenvalue weighted by atomic mass is 10.2. The highest BCUT2D eigenvalue weighted by atomic mass is 32.1. The Bertz CT molecular complexity index is 989. The van der Waals surface area contributed by atoms with E-state index in [-0.39, 0.29) is 18.2 Å². The number of hydrogen-bond donors (Lipinski definition) is 0. The molecule has 0 spiro atoms. The first kappa shape index (κ1) is 19.2. The van der Waals surface area contributed by atoms with Crippen molar-refractivity contribution in [3.05, 3.63) is 58.7 Å². The van der Waals surface area contributed by atoms with Crippen LogP contribution in [0.3, 0.4) is 0 Å². The van der Waals surface area contributed by atoms with Crippen molar-refractivity contribution in [2.45, 2.75) is 6.61 Å². The van der Waals surface area contributed by atoms with Crippen LogP contribution in [0, 0.1) is 10.1 Å². The molecule has 4 rings (SSSR count). The molecule has 1 saturated heterocycles. The number of anilines is 1. The van der Waals surface area contributed by atoms with Gasteiger partial charge in [0.2, 0.25) is 5.75 Å². The highest BCUT2D eigenvalue weighted by Crippen LogP contribution is 2.35. The minimum absolute atomic E-state index is 0.138. The molecule has 3 aromatic rings. The van der Waals surface area contributed by atoms with Gasteiger partial charge >= 0.3 is 5.82 Å². The van der Waals surface area contributed by atoms with Gasteiger partial charge in [0.1, 0.15) is 12.8 Å². The SMILES string of the molecule is CN1CCN(c2ncc(-c3cnc([N+](=O)[O-])c(OCc4ccncc4)c3)s2)CC1. The molecule has 0 atom stereocenters. The molecule has 3 aromatic heterocycles. The zero-order valence-corrected chi connectivity index (χ0v) is 16.7. The summed E-state index contributed by atoms with van der Waals surface area (Å²) < 4.78 is 5.72. The molecule has 29 heavy (non-hydrogen) atoms. The Hall–Kier alpha value is -3.11. The number of nitro groups is 1. The monoisotopic (exact) mass is 412 g/mol. The lowest BCUT2D eigenvalue weighted by molar-refractivity contribution is -0.390. The van der Waals surface area contributed by atoms with Crippen molar-refractivity contribution < 1.29 is 9.66 Å². The average Bonchev–Trinajstić information content (AvgIpc) is 3.23. The van der Waals surface area contributed by atoms with Gasteiger partial charge in [0.15, 0.2) is 5.13 Å². The fourth-order valence-corrected chi connectivity index (χ4v) is 3.95. The van der Waals surface area contributed by atoms with Crippen LogP contribution in [0.2, 0.25) is 0 Å². The maximum atomic E-state index is 11.4. The molecule has 0 amide bonds. The van der Waals surface area contributed by atoms with Gasteiger partial charge in [-0.25, -0.2) is 4.98 Å². The van der Waals surface area contributed by atoms with Crippen LogP contribution < -0.4 is 9.64 Å². The summed E-state index contributed by atoms with van der Waals surface area (Å²) in [6.07, 6.45) is 6.59. The summed E-state index contributed by atoms with van der Waals surface area (Å²) in [5.74, 6) is -0.162. The molecule has 4 heterocycles. The van der Waals surface area contributed by atoms with E-state index in [0.717, 1.165) is 47.3 Å². The Kier molecular flexibility index (Phi) is 5.63. The molecule has 0 bridgehead atoms. The topological polar surface area (TPSA) is 97.5 Å². The van der Waals surface area contributed by atoms with E-state index in [4.69, 9.17) is 4.74 Å². The normalized spacial score (nSPS) is 14.7. The Labute approximate surface area is 171 Å². The van der Waals surface area contributed by atoms with Gasteiger partial charge in [-0.3, -0.25) is 4.98 Å². The molecular weight excluding hydrogens is 392 g/mol. The maximum Gasteiger partial charge on any atom is 0.406 e. The number of aromatic nitrogens is 3. The Balaban J connectivity index is 1.55. The summed E-state index contributed by atoms with van der Waals surface area (Å²) >= 11 is 1.55. The Morgan fingerprint density at radius 2 is 1.93 bits per heavy atom. The summed E-state index contributed by atoms with van der Waals surface area (Å²) in [5, 5.41) is 12.3. The second-order valence-corrected chi connectivity index (χ2v) is 7.75. The molecule has 0 N–H and O–H groups in total. The van der Waals surface area contributed by atoms with Crippen LogP contribution in [0.4, 0.5) is 10.9 Å². The smallest absolute Gasteiger partial charge is 0.406 e. The lowest BCUT2D eigenvalue weighted by Crippen LogP contribution is -2.44. The van der Waals surface area contributed by atoms with Crippen LogP contribution in [0.5, 0.6) is 5.75 Å². The molecule has 9 nitrogen and oxygen atoms in total. The van der Waals surface area contributed by atoms with E-state index >= 15 is 0 Å². The van der Waals surface area contributed by atoms with Gasteiger partial charge in [0, 0.05) is 56.4 Å². The minimum Gasteiger partial charge on any atom is -0.481 e. The van der Waals surface area contributed by atoms with E-state index in [9.17, 15) is 10.1 Å². The summed E-state index contributed by atoms with van der Waals surface area (Å²) in [5.41, 5.74) is 1.62. The molecule has 0 unspecified atom stereocenters. The van der Waals surface area contributed by atoms with Crippen molar-refractivity contribution in [2.75, 3.05) is 38.1 Å². The molecule has 150 valence electrons. The van der Waals surface area contributed by atoms with E-state index < -0.39 is 4.92 Å². The maximum absolute atomic E-state index is 11.4. The second-order valence-electron chi connectivity index (χ2n) is 6.74. The van der Waals surface area contributed by atoms with Crippen LogP contribution in [0.1, 0.15) is 5.56 Å². The number of likely N-dealkylation sites (N-methyl/N-ethyl adjacent to an activating group) is 1. The lowest BCUT2D eigenvalue weighted by Gasteiger charge is -2.32. The zero-order chi connectivity index (χ0) is 20.2. The van der Waals surface area contributed by atoms with Crippen molar-refractivity contribution in [3.8, 4) is 16.2 Å². The molecule has 10 heteroatoms. The van der Waals surface area contributed by atoms with Crippen LogP contribution >= 0.6 is 11.3 Å². The van der Waals surface area contributed by atoms with Gasteiger partial charge in [0.05, 0.1) is 4.88 Å². The molecule has 0 aliphatic carbocycles. The second kappa shape index (κ2) is 8.50. The van der Waals surface area contributed by atoms with Crippen LogP contribution in [-0.4, -0.2) is 58.0 Å². The van der Waals surface area contributed by atoms with Gasteiger partial charge in [-0.1, -0.05) is 11.3 Å². The number of hydrogen-bond acceptors (Lipinski definition) is 9. The van der Waals surface area contributed by atoms with Gasteiger partial charge < -0.3 is 24.7 Å². The fraction of sp³-hybridized carbons (Fsp3) is 0.316. The first-order valence-corrected chi connectivity index (χ1v) is 9.97. The number of rotatable bonds is 6. The number of pyridine rings is 2. The molecular formula is C19H20N6O3S. The zero-order valence-electron chi connectivity index (χ0n) is 15.9. The van der Waals surface area contributed by atoms with Crippen molar-refractivity contribution in [1.29, 1.82) is 0 Å². The largest absolute Gasteiger partial charge is 0.481 e. The van der Waals surface area contributed by atoms with E-state index in [1.54, 1.807) is 48.1 Å². The summed E-state index contributed by atoms with van der Waals surface area (Å²) in [7, 11) is 2.11. The van der Waals surface area contributed by atoms with Crippen molar-refractivity contribution in [3.63, 3.8) is 0 Å². The number of ether oxygens (including phenoxy) is 1. The predicted molar refractivity (Wildman–Crippen MR) is 110 cm³/mol. The van der Waals surface area contributed by atoms with Crippen molar-refractivity contribution >= 4 is 22.3 Å². The first-order valence-electron chi connectivity index (χ1n) is 9.16. The average molecular weight is 412 g/mol. The summed E-state index contributed by atoms with van der Waals surface area (Å²) in [6, 6.07) is 5.26. The van der Waals surface area contributed by atoms with E-state index in [2.05, 4.69) is 31.8 Å². The summed E-state index contributed by atoms with van der Waals surface area (Å²) in [4.78, 5) is 28.8. The number of nitrogens with zero attached hydrogens (tertiary/aromatic N) is 6. The molecule has 0 radical (unpaired) electrons. The highest BCUT2D eigenvalue weighted by molar-refractivity contribution is 7.18. The minimum atomic E-state index is -0.534. The predicted octanol–water partition coefficient (Wildman–Crippen LogP) is 2.84. The van der Waals surface area contributed by atoms with Gasteiger partial charge in [-0.05, 0) is 34.7 Å². The van der Waals surface area contributed by atoms with Crippen molar-refractivity contribution in [1.82, 2.24) is 19.9 Å². The molecule has 0 saturated carbocycles. The molecule has 1 aliphatic heterocycles. The van der Waals surface area contributed by atoms with Crippen molar-refractivity contribution in [2.24, 2.45) is 0 Å². The fourth-order valence-electron chi connectivity index (χ4n) is 3.00. The number of thiazole rings is 1. The van der Waals surface area contributed by atoms with Crippen LogP contribution in [0.25, 0.3) is 10.4 Å².